The molecule has 22 heavy (non-hydrogen) atoms. The summed E-state index contributed by atoms with van der Waals surface area (Å²) in [4.78, 5) is 6.78. The lowest BCUT2D eigenvalue weighted by molar-refractivity contribution is 0.564. The Morgan fingerprint density at radius 1 is 1.23 bits per heavy atom. The van der Waals surface area contributed by atoms with Gasteiger partial charge in [0.05, 0.1) is 0 Å². The van der Waals surface area contributed by atoms with Crippen molar-refractivity contribution in [2.24, 2.45) is 10.9 Å². The summed E-state index contributed by atoms with van der Waals surface area (Å²) < 4.78 is 0. The van der Waals surface area contributed by atoms with Crippen LogP contribution >= 0.6 is 0 Å². The van der Waals surface area contributed by atoms with Gasteiger partial charge in [-0.05, 0) is 30.9 Å². The van der Waals surface area contributed by atoms with E-state index in [-0.39, 0.29) is 0 Å². The number of nitrogens with one attached hydrogen (secondary N) is 2. The molecule has 122 valence electrons. The van der Waals surface area contributed by atoms with Crippen LogP contribution in [0.3, 0.4) is 0 Å². The first-order chi connectivity index (χ1) is 10.8. The maximum absolute atomic E-state index is 4.30. The Balaban J connectivity index is 1.69. The van der Waals surface area contributed by atoms with E-state index >= 15 is 0 Å². The summed E-state index contributed by atoms with van der Waals surface area (Å²) >= 11 is 0. The lowest BCUT2D eigenvalue weighted by atomic mass is 10.1. The van der Waals surface area contributed by atoms with Crippen molar-refractivity contribution < 1.29 is 0 Å². The fraction of sp³-hybridized carbons (Fsp3) is 0.611. The van der Waals surface area contributed by atoms with Crippen LogP contribution in [-0.4, -0.2) is 39.2 Å². The van der Waals surface area contributed by atoms with E-state index in [0.717, 1.165) is 32.1 Å². The summed E-state index contributed by atoms with van der Waals surface area (Å²) in [7, 11) is 1.85. The van der Waals surface area contributed by atoms with E-state index in [4.69, 9.17) is 0 Å². The zero-order chi connectivity index (χ0) is 15.6. The number of benzene rings is 1. The standard InChI is InChI=1S/C18H30N4/c1-3-4-8-12-20-18(19-2)21-14-16-11-13-22(15-16)17-9-6-5-7-10-17/h5-7,9-10,16H,3-4,8,11-15H2,1-2H3,(H2,19,20,21). The number of hydrogen-bond acceptors (Lipinski definition) is 2. The zero-order valence-electron chi connectivity index (χ0n) is 14.0. The molecule has 1 aliphatic heterocycles. The lowest BCUT2D eigenvalue weighted by Crippen LogP contribution is -2.40. The highest BCUT2D eigenvalue weighted by Gasteiger charge is 2.22. The van der Waals surface area contributed by atoms with Gasteiger partial charge in [-0.25, -0.2) is 0 Å². The van der Waals surface area contributed by atoms with Crippen molar-refractivity contribution in [3.05, 3.63) is 30.3 Å². The van der Waals surface area contributed by atoms with Crippen molar-refractivity contribution >= 4 is 11.6 Å². The zero-order valence-corrected chi connectivity index (χ0v) is 14.0. The molecule has 4 nitrogen and oxygen atoms in total. The van der Waals surface area contributed by atoms with Gasteiger partial charge in [-0.15, -0.1) is 0 Å². The van der Waals surface area contributed by atoms with Gasteiger partial charge in [0.25, 0.3) is 0 Å². The number of rotatable bonds is 7. The van der Waals surface area contributed by atoms with Gasteiger partial charge in [0.15, 0.2) is 5.96 Å². The SMILES string of the molecule is CCCCCNC(=NC)NCC1CCN(c2ccccc2)C1. The van der Waals surface area contributed by atoms with Crippen molar-refractivity contribution in [3.63, 3.8) is 0 Å². The predicted octanol–water partition coefficient (Wildman–Crippen LogP) is 2.87. The van der Waals surface area contributed by atoms with Crippen molar-refractivity contribution in [2.45, 2.75) is 32.6 Å². The van der Waals surface area contributed by atoms with Gasteiger partial charge in [-0.1, -0.05) is 38.0 Å². The van der Waals surface area contributed by atoms with Crippen molar-refractivity contribution in [1.29, 1.82) is 0 Å². The number of nitrogens with zero attached hydrogens (tertiary/aromatic N) is 2. The molecule has 0 amide bonds. The Labute approximate surface area is 135 Å². The number of guanidine groups is 1. The summed E-state index contributed by atoms with van der Waals surface area (Å²) in [6.07, 6.45) is 4.99. The molecule has 1 aromatic carbocycles. The molecule has 0 bridgehead atoms. The number of unbranched alkanes of at least 4 members (excludes halogenated alkanes) is 2. The summed E-state index contributed by atoms with van der Waals surface area (Å²) in [5, 5.41) is 6.87. The Hall–Kier alpha value is -1.71. The second kappa shape index (κ2) is 9.34. The van der Waals surface area contributed by atoms with Crippen molar-refractivity contribution in [3.8, 4) is 0 Å². The third kappa shape index (κ3) is 5.24. The summed E-state index contributed by atoms with van der Waals surface area (Å²) in [6.45, 7) is 6.51. The van der Waals surface area contributed by atoms with Gasteiger partial charge in [-0.2, -0.15) is 0 Å². The van der Waals surface area contributed by atoms with Crippen LogP contribution in [-0.2, 0) is 0 Å². The molecule has 4 heteroatoms. The number of para-hydroxylation sites is 1. The second-order valence-corrected chi connectivity index (χ2v) is 6.02. The van der Waals surface area contributed by atoms with Crippen LogP contribution in [0.25, 0.3) is 0 Å². The first kappa shape index (κ1) is 16.7. The topological polar surface area (TPSA) is 39.7 Å². The molecule has 2 N–H and O–H groups in total. The highest BCUT2D eigenvalue weighted by atomic mass is 15.2. The summed E-state index contributed by atoms with van der Waals surface area (Å²) in [6, 6.07) is 10.7. The minimum absolute atomic E-state index is 0.689. The normalized spacial score (nSPS) is 18.5. The van der Waals surface area contributed by atoms with E-state index in [9.17, 15) is 0 Å². The molecule has 0 saturated carbocycles. The smallest absolute Gasteiger partial charge is 0.190 e. The Bertz CT molecular complexity index is 444. The van der Waals surface area contributed by atoms with Gasteiger partial charge >= 0.3 is 0 Å². The molecule has 1 unspecified atom stereocenters. The minimum atomic E-state index is 0.689. The first-order valence-electron chi connectivity index (χ1n) is 8.58. The first-order valence-corrected chi connectivity index (χ1v) is 8.58. The highest BCUT2D eigenvalue weighted by molar-refractivity contribution is 5.79. The molecule has 1 fully saturated rings. The molecule has 0 spiro atoms. The number of hydrogen-bond donors (Lipinski definition) is 2. The van der Waals surface area contributed by atoms with Crippen LogP contribution in [0, 0.1) is 5.92 Å². The van der Waals surface area contributed by atoms with Crippen LogP contribution in [0.1, 0.15) is 32.6 Å². The molecule has 0 aliphatic carbocycles. The van der Waals surface area contributed by atoms with Gasteiger partial charge < -0.3 is 15.5 Å². The van der Waals surface area contributed by atoms with E-state index in [2.05, 4.69) is 57.8 Å². The van der Waals surface area contributed by atoms with Crippen LogP contribution in [0.15, 0.2) is 35.3 Å². The minimum Gasteiger partial charge on any atom is -0.371 e. The van der Waals surface area contributed by atoms with Crippen molar-refractivity contribution in [2.75, 3.05) is 38.1 Å². The molecule has 1 aliphatic rings. The summed E-state index contributed by atoms with van der Waals surface area (Å²) in [5.41, 5.74) is 1.34. The highest BCUT2D eigenvalue weighted by Crippen LogP contribution is 2.22. The van der Waals surface area contributed by atoms with E-state index in [0.29, 0.717) is 5.92 Å². The third-order valence-electron chi connectivity index (χ3n) is 4.26. The van der Waals surface area contributed by atoms with E-state index < -0.39 is 0 Å². The average Bonchev–Trinajstić information content (AvgIpc) is 3.04. The van der Waals surface area contributed by atoms with Crippen molar-refractivity contribution in [1.82, 2.24) is 10.6 Å². The van der Waals surface area contributed by atoms with Gasteiger partial charge in [0, 0.05) is 38.9 Å². The van der Waals surface area contributed by atoms with Crippen LogP contribution in [0.2, 0.25) is 0 Å². The predicted molar refractivity (Wildman–Crippen MR) is 95.7 cm³/mol. The molecule has 1 saturated heterocycles. The second-order valence-electron chi connectivity index (χ2n) is 6.02. The molecule has 1 heterocycles. The lowest BCUT2D eigenvalue weighted by Gasteiger charge is -2.19. The molecule has 1 atom stereocenters. The maximum atomic E-state index is 4.30. The van der Waals surface area contributed by atoms with E-state index in [1.54, 1.807) is 0 Å². The fourth-order valence-corrected chi connectivity index (χ4v) is 2.92. The quantitative estimate of drug-likeness (QED) is 0.462. The van der Waals surface area contributed by atoms with Gasteiger partial charge in [0.2, 0.25) is 0 Å². The van der Waals surface area contributed by atoms with Crippen LogP contribution < -0.4 is 15.5 Å². The molecule has 1 aromatic rings. The van der Waals surface area contributed by atoms with E-state index in [1.165, 1.54) is 31.4 Å². The summed E-state index contributed by atoms with van der Waals surface area (Å²) in [5.74, 6) is 1.63. The molecule has 0 radical (unpaired) electrons. The third-order valence-corrected chi connectivity index (χ3v) is 4.26. The van der Waals surface area contributed by atoms with Crippen LogP contribution in [0.5, 0.6) is 0 Å². The number of aliphatic imine (C=N–C) groups is 1. The van der Waals surface area contributed by atoms with E-state index in [1.807, 2.05) is 7.05 Å². The van der Waals surface area contributed by atoms with Gasteiger partial charge in [-0.3, -0.25) is 4.99 Å². The van der Waals surface area contributed by atoms with Gasteiger partial charge in [0.1, 0.15) is 0 Å². The molecular formula is C18H30N4. The largest absolute Gasteiger partial charge is 0.371 e. The molecule has 2 rings (SSSR count). The average molecular weight is 302 g/mol. The maximum Gasteiger partial charge on any atom is 0.190 e. The molecular weight excluding hydrogens is 272 g/mol. The fourth-order valence-electron chi connectivity index (χ4n) is 2.92. The number of anilines is 1. The monoisotopic (exact) mass is 302 g/mol. The molecule has 0 aromatic heterocycles. The Morgan fingerprint density at radius 2 is 2.05 bits per heavy atom. The Kier molecular flexibility index (Phi) is 7.07. The van der Waals surface area contributed by atoms with Crippen LogP contribution in [0.4, 0.5) is 5.69 Å². The Morgan fingerprint density at radius 3 is 2.77 bits per heavy atom.